The van der Waals surface area contributed by atoms with Crippen molar-refractivity contribution in [2.24, 2.45) is 0 Å². The van der Waals surface area contributed by atoms with E-state index in [4.69, 9.17) is 5.11 Å². The van der Waals surface area contributed by atoms with Crippen molar-refractivity contribution >= 4 is 11.8 Å². The first kappa shape index (κ1) is 13.3. The first-order valence-electron chi connectivity index (χ1n) is 6.22. The molecule has 19 heavy (non-hydrogen) atoms. The number of carbonyl (C=O) groups is 2. The highest BCUT2D eigenvalue weighted by Crippen LogP contribution is 2.16. The van der Waals surface area contributed by atoms with Crippen molar-refractivity contribution < 1.29 is 14.7 Å². The number of nitrogens with zero attached hydrogens (tertiary/aromatic N) is 1. The van der Waals surface area contributed by atoms with Crippen molar-refractivity contribution in [3.05, 3.63) is 35.4 Å². The monoisotopic (exact) mass is 257 g/mol. The fraction of sp³-hybridized carbons (Fsp3) is 0.333. The summed E-state index contributed by atoms with van der Waals surface area (Å²) in [5.74, 6) is 5.16. The van der Waals surface area contributed by atoms with Crippen LogP contribution in [0.3, 0.4) is 0 Å². The first-order valence-corrected chi connectivity index (χ1v) is 6.22. The van der Waals surface area contributed by atoms with E-state index in [0.29, 0.717) is 25.8 Å². The molecule has 1 fully saturated rings. The largest absolute Gasteiger partial charge is 0.384 e. The Kier molecular flexibility index (Phi) is 4.32. The highest BCUT2D eigenvalue weighted by molar-refractivity contribution is 5.97. The molecule has 0 atom stereocenters. The summed E-state index contributed by atoms with van der Waals surface area (Å²) in [7, 11) is 0. The summed E-state index contributed by atoms with van der Waals surface area (Å²) in [6.07, 6.45) is 1.53. The highest BCUT2D eigenvalue weighted by Gasteiger charge is 2.25. The van der Waals surface area contributed by atoms with E-state index < -0.39 is 0 Å². The van der Waals surface area contributed by atoms with Gasteiger partial charge in [-0.05, 0) is 24.1 Å². The Morgan fingerprint density at radius 2 is 1.95 bits per heavy atom. The molecule has 1 N–H and O–H groups in total. The smallest absolute Gasteiger partial charge is 0.229 e. The number of imide groups is 1. The zero-order valence-electron chi connectivity index (χ0n) is 10.6. The Morgan fingerprint density at radius 3 is 2.63 bits per heavy atom. The number of amides is 2. The Bertz CT molecular complexity index is 538. The summed E-state index contributed by atoms with van der Waals surface area (Å²) in [6.45, 7) is 0.111. The SMILES string of the molecule is O=C1CCCC(=O)N1Cc1cccc(C#CCO)c1. The third-order valence-electron chi connectivity index (χ3n) is 2.96. The molecule has 1 aliphatic heterocycles. The lowest BCUT2D eigenvalue weighted by Crippen LogP contribution is -2.39. The maximum absolute atomic E-state index is 11.7. The summed E-state index contributed by atoms with van der Waals surface area (Å²) >= 11 is 0. The normalized spacial score (nSPS) is 15.1. The molecule has 1 saturated heterocycles. The van der Waals surface area contributed by atoms with Crippen molar-refractivity contribution in [3.8, 4) is 11.8 Å². The molecule has 0 radical (unpaired) electrons. The zero-order chi connectivity index (χ0) is 13.7. The van der Waals surface area contributed by atoms with Crippen LogP contribution in [0.2, 0.25) is 0 Å². The van der Waals surface area contributed by atoms with E-state index in [1.54, 1.807) is 0 Å². The molecular formula is C15H15NO3. The molecule has 0 saturated carbocycles. The molecule has 1 aliphatic rings. The van der Waals surface area contributed by atoms with E-state index in [0.717, 1.165) is 11.1 Å². The van der Waals surface area contributed by atoms with E-state index >= 15 is 0 Å². The lowest BCUT2D eigenvalue weighted by molar-refractivity contribution is -0.148. The van der Waals surface area contributed by atoms with Crippen molar-refractivity contribution in [3.63, 3.8) is 0 Å². The summed E-state index contributed by atoms with van der Waals surface area (Å²) in [5.41, 5.74) is 1.64. The maximum atomic E-state index is 11.7. The number of likely N-dealkylation sites (tertiary alicyclic amines) is 1. The first-order chi connectivity index (χ1) is 9.20. The van der Waals surface area contributed by atoms with Gasteiger partial charge in [-0.1, -0.05) is 24.0 Å². The molecule has 1 aromatic rings. The van der Waals surface area contributed by atoms with Crippen LogP contribution in [0, 0.1) is 11.8 Å². The zero-order valence-corrected chi connectivity index (χ0v) is 10.6. The van der Waals surface area contributed by atoms with Gasteiger partial charge in [-0.2, -0.15) is 0 Å². The molecule has 0 aromatic heterocycles. The van der Waals surface area contributed by atoms with Gasteiger partial charge in [0.15, 0.2) is 0 Å². The molecule has 2 amide bonds. The van der Waals surface area contributed by atoms with Gasteiger partial charge >= 0.3 is 0 Å². The molecule has 0 spiro atoms. The molecule has 1 heterocycles. The van der Waals surface area contributed by atoms with Gasteiger partial charge in [-0.15, -0.1) is 0 Å². The molecule has 4 heteroatoms. The van der Waals surface area contributed by atoms with Crippen LogP contribution in [0.25, 0.3) is 0 Å². The number of hydrogen-bond donors (Lipinski definition) is 1. The molecular weight excluding hydrogens is 242 g/mol. The van der Waals surface area contributed by atoms with Gasteiger partial charge in [0, 0.05) is 18.4 Å². The number of benzene rings is 1. The van der Waals surface area contributed by atoms with E-state index in [2.05, 4.69) is 11.8 Å². The van der Waals surface area contributed by atoms with Crippen molar-refractivity contribution in [2.45, 2.75) is 25.8 Å². The number of carbonyl (C=O) groups excluding carboxylic acids is 2. The summed E-state index contributed by atoms with van der Waals surface area (Å²) in [4.78, 5) is 24.7. The van der Waals surface area contributed by atoms with Gasteiger partial charge in [0.25, 0.3) is 0 Å². The van der Waals surface area contributed by atoms with E-state index in [-0.39, 0.29) is 18.4 Å². The van der Waals surface area contributed by atoms with Crippen LogP contribution < -0.4 is 0 Å². The average molecular weight is 257 g/mol. The molecule has 2 rings (SSSR count). The Labute approximate surface area is 112 Å². The Balaban J connectivity index is 2.14. The van der Waals surface area contributed by atoms with E-state index in [1.165, 1.54) is 4.90 Å². The molecule has 0 unspecified atom stereocenters. The molecule has 98 valence electrons. The van der Waals surface area contributed by atoms with Crippen LogP contribution >= 0.6 is 0 Å². The van der Waals surface area contributed by atoms with Gasteiger partial charge in [-0.25, -0.2) is 0 Å². The van der Waals surface area contributed by atoms with Crippen molar-refractivity contribution in [1.82, 2.24) is 4.90 Å². The van der Waals surface area contributed by atoms with Crippen LogP contribution in [-0.2, 0) is 16.1 Å². The predicted molar refractivity (Wildman–Crippen MR) is 69.8 cm³/mol. The number of piperidine rings is 1. The third-order valence-corrected chi connectivity index (χ3v) is 2.96. The maximum Gasteiger partial charge on any atom is 0.229 e. The van der Waals surface area contributed by atoms with Crippen LogP contribution in [0.5, 0.6) is 0 Å². The second kappa shape index (κ2) is 6.17. The standard InChI is InChI=1S/C15H15NO3/c17-9-3-6-12-4-1-5-13(10-12)11-16-14(18)7-2-8-15(16)19/h1,4-5,10,17H,2,7-9,11H2. The fourth-order valence-electron chi connectivity index (χ4n) is 2.05. The molecule has 0 aliphatic carbocycles. The number of aliphatic hydroxyl groups excluding tert-OH is 1. The molecule has 0 bridgehead atoms. The van der Waals surface area contributed by atoms with E-state index in [9.17, 15) is 9.59 Å². The predicted octanol–water partition coefficient (Wildman–Crippen LogP) is 1.07. The summed E-state index contributed by atoms with van der Waals surface area (Å²) in [6, 6.07) is 7.35. The van der Waals surface area contributed by atoms with Crippen molar-refractivity contribution in [2.75, 3.05) is 6.61 Å². The minimum absolute atomic E-state index is 0.108. The number of rotatable bonds is 2. The Morgan fingerprint density at radius 1 is 1.21 bits per heavy atom. The summed E-state index contributed by atoms with van der Waals surface area (Å²) in [5, 5.41) is 8.66. The number of hydrogen-bond acceptors (Lipinski definition) is 3. The molecule has 1 aromatic carbocycles. The summed E-state index contributed by atoms with van der Waals surface area (Å²) < 4.78 is 0. The van der Waals surface area contributed by atoms with Crippen molar-refractivity contribution in [1.29, 1.82) is 0 Å². The Hall–Kier alpha value is -2.12. The van der Waals surface area contributed by atoms with Gasteiger partial charge < -0.3 is 5.11 Å². The van der Waals surface area contributed by atoms with E-state index in [1.807, 2.05) is 24.3 Å². The minimum atomic E-state index is -0.187. The van der Waals surface area contributed by atoms with Crippen LogP contribution in [-0.4, -0.2) is 28.4 Å². The van der Waals surface area contributed by atoms with Crippen LogP contribution in [0.4, 0.5) is 0 Å². The molecule has 4 nitrogen and oxygen atoms in total. The lowest BCUT2D eigenvalue weighted by atomic mass is 10.1. The van der Waals surface area contributed by atoms with Gasteiger partial charge in [0.2, 0.25) is 11.8 Å². The van der Waals surface area contributed by atoms with Gasteiger partial charge in [0.05, 0.1) is 6.54 Å². The van der Waals surface area contributed by atoms with Gasteiger partial charge in [-0.3, -0.25) is 14.5 Å². The second-order valence-electron chi connectivity index (χ2n) is 4.39. The highest BCUT2D eigenvalue weighted by atomic mass is 16.2. The minimum Gasteiger partial charge on any atom is -0.384 e. The third kappa shape index (κ3) is 3.43. The topological polar surface area (TPSA) is 57.6 Å². The van der Waals surface area contributed by atoms with Crippen LogP contribution in [0.15, 0.2) is 24.3 Å². The lowest BCUT2D eigenvalue weighted by Gasteiger charge is -2.24. The second-order valence-corrected chi connectivity index (χ2v) is 4.39. The average Bonchev–Trinajstić information content (AvgIpc) is 2.41. The van der Waals surface area contributed by atoms with Gasteiger partial charge in [0.1, 0.15) is 6.61 Å². The quantitative estimate of drug-likeness (QED) is 0.637. The number of aliphatic hydroxyl groups is 1. The van der Waals surface area contributed by atoms with Crippen LogP contribution in [0.1, 0.15) is 30.4 Å². The fourth-order valence-corrected chi connectivity index (χ4v) is 2.05.